The number of anilines is 1. The second kappa shape index (κ2) is 9.41. The Morgan fingerprint density at radius 2 is 1.89 bits per heavy atom. The number of primary sulfonamides is 1. The number of aryl methyl sites for hydroxylation is 1. The maximum Gasteiger partial charge on any atom is 0.490 e. The number of esters is 1. The number of alkyl halides is 3. The lowest BCUT2D eigenvalue weighted by Gasteiger charge is -2.18. The lowest BCUT2D eigenvalue weighted by Crippen LogP contribution is -2.39. The summed E-state index contributed by atoms with van der Waals surface area (Å²) in [6, 6.07) is 3.56. The summed E-state index contributed by atoms with van der Waals surface area (Å²) in [4.78, 5) is 13.1. The molecule has 0 spiro atoms. The molecule has 1 atom stereocenters. The van der Waals surface area contributed by atoms with Crippen LogP contribution in [0.15, 0.2) is 34.2 Å². The highest BCUT2D eigenvalue weighted by Gasteiger charge is 2.43. The van der Waals surface area contributed by atoms with E-state index >= 15 is 0 Å². The van der Waals surface area contributed by atoms with E-state index in [2.05, 4.69) is 30.3 Å². The Hall–Kier alpha value is -3.68. The van der Waals surface area contributed by atoms with Crippen LogP contribution in [0.4, 0.5) is 19.0 Å². The standard InChI is InChI=1S/C17H17F3N8O6S2/c1-7-4-8(5-24-14(7)22)9-2-3-10(13(36(23,32)33)12(9)15-25-27-28-26-15)35(30,31)6-11(21)34-16(29)17(18,19)20/h2-5,11H,6,21H2,1H3,(H2,22,24)(H2,23,32,33)(H,25,26,27,28). The van der Waals surface area contributed by atoms with E-state index < -0.39 is 53.8 Å². The second-order valence-corrected chi connectivity index (χ2v) is 10.8. The quantitative estimate of drug-likeness (QED) is 0.218. The molecule has 0 aliphatic heterocycles. The Bertz CT molecular complexity index is 1530. The first-order valence-electron chi connectivity index (χ1n) is 9.45. The minimum atomic E-state index is -5.44. The Kier molecular flexibility index (Phi) is 7.03. The number of aromatic nitrogens is 5. The van der Waals surface area contributed by atoms with Gasteiger partial charge in [0.15, 0.2) is 21.9 Å². The van der Waals surface area contributed by atoms with Crippen molar-refractivity contribution in [1.82, 2.24) is 25.6 Å². The Morgan fingerprint density at radius 1 is 1.22 bits per heavy atom. The Balaban J connectivity index is 2.25. The van der Waals surface area contributed by atoms with Gasteiger partial charge in [-0.05, 0) is 40.6 Å². The SMILES string of the molecule is Cc1cc(-c2ccc(S(=O)(=O)CC(N)OC(=O)C(F)(F)F)c(S(N)(=O)=O)c2-c2nnn[nH]2)cnc1N. The second-order valence-electron chi connectivity index (χ2n) is 7.26. The van der Waals surface area contributed by atoms with Crippen molar-refractivity contribution in [2.45, 2.75) is 29.1 Å². The normalized spacial score (nSPS) is 13.4. The van der Waals surface area contributed by atoms with E-state index in [0.717, 1.165) is 6.07 Å². The molecule has 7 N–H and O–H groups in total. The van der Waals surface area contributed by atoms with E-state index in [1.54, 1.807) is 6.92 Å². The third-order valence-corrected chi connectivity index (χ3v) is 7.53. The molecule has 0 amide bonds. The van der Waals surface area contributed by atoms with Crippen LogP contribution in [0.5, 0.6) is 0 Å². The third kappa shape index (κ3) is 5.58. The number of tetrazole rings is 1. The van der Waals surface area contributed by atoms with Gasteiger partial charge in [0.2, 0.25) is 10.0 Å². The number of ether oxygens (including phenoxy) is 1. The molecule has 0 aliphatic carbocycles. The van der Waals surface area contributed by atoms with Crippen molar-refractivity contribution in [3.8, 4) is 22.5 Å². The third-order valence-electron chi connectivity index (χ3n) is 4.63. The minimum Gasteiger partial charge on any atom is -0.439 e. The number of nitrogens with two attached hydrogens (primary N) is 3. The molecule has 3 aromatic rings. The number of rotatable bonds is 7. The lowest BCUT2D eigenvalue weighted by molar-refractivity contribution is -0.203. The number of aromatic amines is 1. The molecule has 36 heavy (non-hydrogen) atoms. The van der Waals surface area contributed by atoms with E-state index in [1.807, 2.05) is 0 Å². The number of nitrogens with zero attached hydrogens (tertiary/aromatic N) is 4. The Labute approximate surface area is 201 Å². The van der Waals surface area contributed by atoms with Gasteiger partial charge in [-0.3, -0.25) is 5.73 Å². The number of nitrogen functional groups attached to an aromatic ring is 1. The zero-order valence-electron chi connectivity index (χ0n) is 18.0. The zero-order valence-corrected chi connectivity index (χ0v) is 19.6. The average Bonchev–Trinajstić information content (AvgIpc) is 3.27. The van der Waals surface area contributed by atoms with Crippen LogP contribution in [0.1, 0.15) is 5.56 Å². The molecule has 0 saturated heterocycles. The molecule has 2 aromatic heterocycles. The highest BCUT2D eigenvalue weighted by Crippen LogP contribution is 2.39. The molecule has 19 heteroatoms. The predicted molar refractivity (Wildman–Crippen MR) is 116 cm³/mol. The molecule has 194 valence electrons. The number of hydrogen-bond acceptors (Lipinski definition) is 12. The molecule has 14 nitrogen and oxygen atoms in total. The predicted octanol–water partition coefficient (Wildman–Crippen LogP) is -0.369. The van der Waals surface area contributed by atoms with Crippen molar-refractivity contribution >= 4 is 31.6 Å². The monoisotopic (exact) mass is 550 g/mol. The topological polar surface area (TPSA) is 240 Å². The van der Waals surface area contributed by atoms with Crippen LogP contribution in [0.2, 0.25) is 0 Å². The van der Waals surface area contributed by atoms with Gasteiger partial charge >= 0.3 is 12.1 Å². The molecule has 1 unspecified atom stereocenters. The molecule has 0 aliphatic rings. The molecule has 0 fully saturated rings. The zero-order chi connectivity index (χ0) is 27.1. The van der Waals surface area contributed by atoms with Crippen molar-refractivity contribution in [2.75, 3.05) is 11.5 Å². The summed E-state index contributed by atoms with van der Waals surface area (Å²) < 4.78 is 92.6. The van der Waals surface area contributed by atoms with Crippen molar-refractivity contribution < 1.29 is 39.5 Å². The molecular weight excluding hydrogens is 533 g/mol. The molecule has 0 saturated carbocycles. The van der Waals surface area contributed by atoms with Crippen LogP contribution >= 0.6 is 0 Å². The van der Waals surface area contributed by atoms with Crippen molar-refractivity contribution in [3.63, 3.8) is 0 Å². The lowest BCUT2D eigenvalue weighted by atomic mass is 9.99. The number of sulfonamides is 1. The molecule has 1 aromatic carbocycles. The Morgan fingerprint density at radius 3 is 2.42 bits per heavy atom. The maximum atomic E-state index is 13.0. The van der Waals surface area contributed by atoms with E-state index in [9.17, 15) is 34.8 Å². The first-order chi connectivity index (χ1) is 16.5. The summed E-state index contributed by atoms with van der Waals surface area (Å²) >= 11 is 0. The van der Waals surface area contributed by atoms with Crippen molar-refractivity contribution in [3.05, 3.63) is 30.0 Å². The number of halogens is 3. The van der Waals surface area contributed by atoms with Gasteiger partial charge in [-0.25, -0.2) is 36.9 Å². The summed E-state index contributed by atoms with van der Waals surface area (Å²) in [6.07, 6.45) is -6.46. The van der Waals surface area contributed by atoms with Crippen molar-refractivity contribution in [2.24, 2.45) is 10.9 Å². The van der Waals surface area contributed by atoms with Gasteiger partial charge in [-0.15, -0.1) is 5.10 Å². The fraction of sp³-hybridized carbons (Fsp3) is 0.235. The van der Waals surface area contributed by atoms with Gasteiger partial charge in [0.25, 0.3) is 0 Å². The fourth-order valence-electron chi connectivity index (χ4n) is 3.11. The van der Waals surface area contributed by atoms with E-state index in [0.29, 0.717) is 5.56 Å². The van der Waals surface area contributed by atoms with Crippen LogP contribution in [0.25, 0.3) is 22.5 Å². The number of pyridine rings is 1. The highest BCUT2D eigenvalue weighted by molar-refractivity contribution is 7.93. The number of carbonyl (C=O) groups excluding carboxylic acids is 1. The van der Waals surface area contributed by atoms with Crippen molar-refractivity contribution in [1.29, 1.82) is 0 Å². The van der Waals surface area contributed by atoms with Gasteiger partial charge in [0.1, 0.15) is 16.5 Å². The van der Waals surface area contributed by atoms with Gasteiger partial charge in [-0.2, -0.15) is 13.2 Å². The van der Waals surface area contributed by atoms with E-state index in [1.165, 1.54) is 18.3 Å². The smallest absolute Gasteiger partial charge is 0.439 e. The summed E-state index contributed by atoms with van der Waals surface area (Å²) in [7, 11) is -9.71. The summed E-state index contributed by atoms with van der Waals surface area (Å²) in [5, 5.41) is 18.0. The first kappa shape index (κ1) is 26.9. The number of benzene rings is 1. The molecule has 0 bridgehead atoms. The van der Waals surface area contributed by atoms with Gasteiger partial charge in [0, 0.05) is 17.3 Å². The number of nitrogens with one attached hydrogen (secondary N) is 1. The number of sulfone groups is 1. The van der Waals surface area contributed by atoms with Gasteiger partial charge in [-0.1, -0.05) is 6.07 Å². The van der Waals surface area contributed by atoms with Crippen LogP contribution in [-0.2, 0) is 29.4 Å². The van der Waals surface area contributed by atoms with Gasteiger partial charge < -0.3 is 10.5 Å². The first-order valence-corrected chi connectivity index (χ1v) is 12.6. The number of carbonyl (C=O) groups is 1. The highest BCUT2D eigenvalue weighted by atomic mass is 32.2. The van der Waals surface area contributed by atoms with Crippen LogP contribution < -0.4 is 16.6 Å². The average molecular weight is 551 g/mol. The maximum absolute atomic E-state index is 13.0. The van der Waals surface area contributed by atoms with Crippen LogP contribution in [0, 0.1) is 6.92 Å². The number of H-pyrrole nitrogens is 1. The van der Waals surface area contributed by atoms with E-state index in [4.69, 9.17) is 16.6 Å². The summed E-state index contributed by atoms with van der Waals surface area (Å²) in [5.74, 6) is -4.28. The molecule has 2 heterocycles. The fourth-order valence-corrected chi connectivity index (χ4v) is 6.02. The molecule has 0 radical (unpaired) electrons. The van der Waals surface area contributed by atoms with E-state index in [-0.39, 0.29) is 28.3 Å². The molecule has 3 rings (SSSR count). The number of hydrogen-bond donors (Lipinski definition) is 4. The summed E-state index contributed by atoms with van der Waals surface area (Å²) in [6.45, 7) is 1.62. The van der Waals surface area contributed by atoms with Crippen LogP contribution in [0.3, 0.4) is 0 Å². The van der Waals surface area contributed by atoms with Crippen LogP contribution in [-0.4, -0.2) is 66.6 Å². The largest absolute Gasteiger partial charge is 0.490 e. The van der Waals surface area contributed by atoms with Gasteiger partial charge in [0.05, 0.1) is 4.90 Å². The minimum absolute atomic E-state index is 0.0694. The molecular formula is C17H17F3N8O6S2. The summed E-state index contributed by atoms with van der Waals surface area (Å²) in [5.41, 5.74) is 11.5.